The summed E-state index contributed by atoms with van der Waals surface area (Å²) >= 11 is 0. The molecular formula is C48H52N8O6. The lowest BCUT2D eigenvalue weighted by Gasteiger charge is -2.63. The van der Waals surface area contributed by atoms with E-state index in [9.17, 15) is 29.2 Å². The van der Waals surface area contributed by atoms with Gasteiger partial charge in [-0.3, -0.25) is 44.1 Å². The topological polar surface area (TPSA) is 168 Å². The average molecular weight is 837 g/mol. The molecule has 3 aromatic carbocycles. The second-order valence-electron chi connectivity index (χ2n) is 18.5. The summed E-state index contributed by atoms with van der Waals surface area (Å²) in [5.74, 6) is -1.45. The van der Waals surface area contributed by atoms with Crippen LogP contribution < -0.4 is 25.2 Å². The number of pyridine rings is 1. The number of aromatic nitrogens is 1. The van der Waals surface area contributed by atoms with Gasteiger partial charge in [0.05, 0.1) is 22.2 Å². The smallest absolute Gasteiger partial charge is 0.262 e. The number of nitrogens with one attached hydrogen (secondary N) is 2. The maximum Gasteiger partial charge on any atom is 0.262 e. The van der Waals surface area contributed by atoms with Crippen LogP contribution in [-0.4, -0.2) is 108 Å². The lowest BCUT2D eigenvalue weighted by atomic mass is 9.49. The summed E-state index contributed by atoms with van der Waals surface area (Å²) in [5.41, 5.74) is 3.52. The molecule has 2 unspecified atom stereocenters. The number of piperidine rings is 2. The highest BCUT2D eigenvalue weighted by Gasteiger charge is 2.64. The molecule has 0 bridgehead atoms. The SMILES string of the molecule is CC1(C)C(NC(=O)c2ccc(N3CCCCC3CN3CCN(c4ccc5c(c4)C(=O)N(C4CCC(=O)NC4=O)C5=O)CC3)cc2)C(C)(C)C1Oc1ccc(C#N)c2ncccc12. The van der Waals surface area contributed by atoms with E-state index in [1.165, 1.54) is 0 Å². The van der Waals surface area contributed by atoms with Gasteiger partial charge in [-0.05, 0) is 92.4 Å². The third-order valence-corrected chi connectivity index (χ3v) is 13.9. The van der Waals surface area contributed by atoms with Gasteiger partial charge in [-0.2, -0.15) is 5.26 Å². The van der Waals surface area contributed by atoms with Crippen LogP contribution in [0.15, 0.2) is 72.9 Å². The first kappa shape index (κ1) is 41.0. The number of imide groups is 2. The highest BCUT2D eigenvalue weighted by Crippen LogP contribution is 2.56. The van der Waals surface area contributed by atoms with Crippen molar-refractivity contribution in [2.45, 2.75) is 84.0 Å². The van der Waals surface area contributed by atoms with Crippen molar-refractivity contribution in [2.75, 3.05) is 49.1 Å². The summed E-state index contributed by atoms with van der Waals surface area (Å²) in [7, 11) is 0. The van der Waals surface area contributed by atoms with Gasteiger partial charge < -0.3 is 19.9 Å². The summed E-state index contributed by atoms with van der Waals surface area (Å²) in [5, 5.41) is 16.0. The Hall–Kier alpha value is -6.33. The number of amides is 5. The summed E-state index contributed by atoms with van der Waals surface area (Å²) in [4.78, 5) is 77.3. The van der Waals surface area contributed by atoms with Crippen LogP contribution in [0.25, 0.3) is 10.9 Å². The number of ether oxygens (including phenoxy) is 1. The van der Waals surface area contributed by atoms with Gasteiger partial charge in [0.1, 0.15) is 24.0 Å². The second-order valence-corrected chi connectivity index (χ2v) is 18.5. The van der Waals surface area contributed by atoms with Gasteiger partial charge in [0, 0.05) is 97.1 Å². The van der Waals surface area contributed by atoms with Gasteiger partial charge in [-0.15, -0.1) is 0 Å². The van der Waals surface area contributed by atoms with Gasteiger partial charge in [-0.25, -0.2) is 0 Å². The van der Waals surface area contributed by atoms with Gasteiger partial charge >= 0.3 is 0 Å². The molecule has 4 aromatic rings. The standard InChI is InChI=1S/C48H52N8O6/c1-47(2)45(48(3,4)46(47)62-38-18-12-30(27-49)40-35(38)9-7-20-50-40)52-41(58)29-10-13-31(14-11-29)55-21-6-5-8-33(55)28-53-22-24-54(25-23-53)32-15-16-34-36(26-32)44(61)56(43(34)60)37-17-19-39(57)51-42(37)59/h7,9-16,18,20,26,33,37,45-46H,5-6,8,17,19,21-25,28H2,1-4H3,(H,52,58)(H,51,57,59). The molecule has 0 radical (unpaired) electrons. The summed E-state index contributed by atoms with van der Waals surface area (Å²) in [6.45, 7) is 13.6. The molecule has 0 spiro atoms. The Labute approximate surface area is 361 Å². The highest BCUT2D eigenvalue weighted by atomic mass is 16.5. The van der Waals surface area contributed by atoms with Crippen LogP contribution in [-0.2, 0) is 9.59 Å². The Morgan fingerprint density at radius 2 is 1.60 bits per heavy atom. The van der Waals surface area contributed by atoms with Crippen molar-refractivity contribution in [1.29, 1.82) is 5.26 Å². The van der Waals surface area contributed by atoms with Crippen molar-refractivity contribution in [3.63, 3.8) is 0 Å². The second kappa shape index (κ2) is 15.9. The molecule has 2 atom stereocenters. The molecule has 9 rings (SSSR count). The quantitative estimate of drug-likeness (QED) is 0.210. The van der Waals surface area contributed by atoms with E-state index in [0.717, 1.165) is 80.2 Å². The molecule has 5 aliphatic rings. The van der Waals surface area contributed by atoms with Crippen LogP contribution in [0.4, 0.5) is 11.4 Å². The Bertz CT molecular complexity index is 2510. The van der Waals surface area contributed by atoms with Crippen molar-refractivity contribution in [3.05, 3.63) is 95.2 Å². The van der Waals surface area contributed by atoms with Crippen LogP contribution in [0.2, 0.25) is 0 Å². The molecular weight excluding hydrogens is 785 g/mol. The molecule has 320 valence electrons. The molecule has 14 nitrogen and oxygen atoms in total. The van der Waals surface area contributed by atoms with Crippen molar-refractivity contribution in [3.8, 4) is 11.8 Å². The van der Waals surface area contributed by atoms with E-state index in [-0.39, 0.29) is 47.3 Å². The molecule has 62 heavy (non-hydrogen) atoms. The molecule has 4 fully saturated rings. The number of nitrogens with zero attached hydrogens (tertiary/aromatic N) is 6. The molecule has 5 heterocycles. The van der Waals surface area contributed by atoms with Crippen molar-refractivity contribution in [1.82, 2.24) is 25.4 Å². The van der Waals surface area contributed by atoms with E-state index in [2.05, 4.69) is 76.2 Å². The molecule has 3 saturated heterocycles. The minimum absolute atomic E-state index is 0.0835. The fourth-order valence-electron chi connectivity index (χ4n) is 11.0. The van der Waals surface area contributed by atoms with E-state index in [0.29, 0.717) is 34.0 Å². The number of hydrogen-bond donors (Lipinski definition) is 2. The Morgan fingerprint density at radius 3 is 2.32 bits per heavy atom. The highest BCUT2D eigenvalue weighted by molar-refractivity contribution is 6.23. The summed E-state index contributed by atoms with van der Waals surface area (Å²) in [6, 6.07) is 22.1. The van der Waals surface area contributed by atoms with Crippen molar-refractivity contribution in [2.24, 2.45) is 10.8 Å². The molecule has 4 aliphatic heterocycles. The average Bonchev–Trinajstić information content (AvgIpc) is 3.52. The van der Waals surface area contributed by atoms with E-state index in [1.54, 1.807) is 24.4 Å². The zero-order chi connectivity index (χ0) is 43.5. The Kier molecular flexibility index (Phi) is 10.5. The Balaban J connectivity index is 0.801. The number of carbonyl (C=O) groups excluding carboxylic acids is 5. The maximum atomic E-state index is 13.8. The molecule has 14 heteroatoms. The lowest BCUT2D eigenvalue weighted by Crippen LogP contribution is -2.74. The Morgan fingerprint density at radius 1 is 0.871 bits per heavy atom. The third kappa shape index (κ3) is 7.11. The zero-order valence-electron chi connectivity index (χ0n) is 35.6. The van der Waals surface area contributed by atoms with E-state index >= 15 is 0 Å². The fourth-order valence-corrected chi connectivity index (χ4v) is 11.0. The van der Waals surface area contributed by atoms with E-state index in [1.807, 2.05) is 36.4 Å². The number of piperazine rings is 1. The monoisotopic (exact) mass is 836 g/mol. The van der Waals surface area contributed by atoms with Gasteiger partial charge in [0.2, 0.25) is 11.8 Å². The minimum atomic E-state index is -0.987. The largest absolute Gasteiger partial charge is 0.488 e. The van der Waals surface area contributed by atoms with Crippen molar-refractivity contribution >= 4 is 51.8 Å². The maximum absolute atomic E-state index is 13.8. The minimum Gasteiger partial charge on any atom is -0.488 e. The lowest BCUT2D eigenvalue weighted by molar-refractivity contribution is -0.163. The number of benzene rings is 3. The fraction of sp³-hybridized carbons (Fsp3) is 0.438. The van der Waals surface area contributed by atoms with Gasteiger partial charge in [0.25, 0.3) is 17.7 Å². The molecule has 1 aliphatic carbocycles. The van der Waals surface area contributed by atoms with Crippen LogP contribution in [0.3, 0.4) is 0 Å². The predicted molar refractivity (Wildman–Crippen MR) is 233 cm³/mol. The normalized spacial score (nSPS) is 24.6. The van der Waals surface area contributed by atoms with Gasteiger partial charge in [0.15, 0.2) is 0 Å². The van der Waals surface area contributed by atoms with E-state index < -0.39 is 29.7 Å². The number of rotatable bonds is 9. The number of carbonyl (C=O) groups is 5. The predicted octanol–water partition coefficient (Wildman–Crippen LogP) is 5.30. The summed E-state index contributed by atoms with van der Waals surface area (Å²) in [6.07, 6.45) is 5.04. The van der Waals surface area contributed by atoms with Gasteiger partial charge in [-0.1, -0.05) is 27.7 Å². The number of anilines is 2. The van der Waals surface area contributed by atoms with Crippen LogP contribution in [0.5, 0.6) is 5.75 Å². The number of nitriles is 1. The zero-order valence-corrected chi connectivity index (χ0v) is 35.6. The molecule has 1 aromatic heterocycles. The summed E-state index contributed by atoms with van der Waals surface area (Å²) < 4.78 is 6.68. The molecule has 2 N–H and O–H groups in total. The van der Waals surface area contributed by atoms with E-state index in [4.69, 9.17) is 4.74 Å². The van der Waals surface area contributed by atoms with Crippen LogP contribution in [0.1, 0.15) is 96.4 Å². The van der Waals surface area contributed by atoms with Crippen molar-refractivity contribution < 1.29 is 28.7 Å². The third-order valence-electron chi connectivity index (χ3n) is 13.9. The first-order chi connectivity index (χ1) is 29.8. The van der Waals surface area contributed by atoms with Crippen LogP contribution in [0, 0.1) is 22.2 Å². The molecule has 1 saturated carbocycles. The number of hydrogen-bond acceptors (Lipinski definition) is 11. The first-order valence-electron chi connectivity index (χ1n) is 21.7. The van der Waals surface area contributed by atoms with Crippen LogP contribution >= 0.6 is 0 Å². The number of fused-ring (bicyclic) bond motifs is 2. The first-order valence-corrected chi connectivity index (χ1v) is 21.7. The molecule has 5 amide bonds.